The highest BCUT2D eigenvalue weighted by atomic mass is 32.2. The number of nitrogens with zero attached hydrogens (tertiary/aromatic N) is 3. The minimum atomic E-state index is -0.449. The van der Waals surface area contributed by atoms with E-state index in [-0.39, 0.29) is 18.3 Å². The van der Waals surface area contributed by atoms with E-state index in [0.29, 0.717) is 32.9 Å². The number of hydrogen-bond acceptors (Lipinski definition) is 9. The number of nitrogens with two attached hydrogens (primary N) is 1. The number of carbonyl (C=O) groups is 2. The van der Waals surface area contributed by atoms with Crippen molar-refractivity contribution < 1.29 is 19.1 Å². The van der Waals surface area contributed by atoms with Crippen molar-refractivity contribution in [3.8, 4) is 17.1 Å². The number of esters is 1. The molecule has 0 aliphatic heterocycles. The zero-order valence-corrected chi connectivity index (χ0v) is 19.2. The molecule has 0 aliphatic carbocycles. The van der Waals surface area contributed by atoms with Crippen molar-refractivity contribution in [2.45, 2.75) is 25.9 Å². The molecule has 0 unspecified atom stereocenters. The number of aromatic nitrogens is 3. The average Bonchev–Trinajstić information content (AvgIpc) is 3.25. The Hall–Kier alpha value is -3.05. The van der Waals surface area contributed by atoms with Gasteiger partial charge in [0.15, 0.2) is 5.82 Å². The van der Waals surface area contributed by atoms with Gasteiger partial charge in [0, 0.05) is 4.88 Å². The van der Waals surface area contributed by atoms with E-state index in [9.17, 15) is 9.59 Å². The van der Waals surface area contributed by atoms with E-state index in [0.717, 1.165) is 22.2 Å². The lowest BCUT2D eigenvalue weighted by Gasteiger charge is -2.08. The summed E-state index contributed by atoms with van der Waals surface area (Å²) in [6.45, 7) is 5.73. The zero-order valence-electron chi connectivity index (χ0n) is 17.6. The van der Waals surface area contributed by atoms with Gasteiger partial charge in [-0.3, -0.25) is 4.79 Å². The molecular weight excluding hydrogens is 438 g/mol. The Morgan fingerprint density at radius 2 is 2.00 bits per heavy atom. The van der Waals surface area contributed by atoms with E-state index < -0.39 is 5.97 Å². The Labute approximate surface area is 187 Å². The second-order valence-corrected chi connectivity index (χ2v) is 8.59. The van der Waals surface area contributed by atoms with Crippen LogP contribution in [0.4, 0.5) is 5.00 Å². The summed E-state index contributed by atoms with van der Waals surface area (Å²) in [6.07, 6.45) is 0. The first-order valence-electron chi connectivity index (χ1n) is 9.41. The second-order valence-electron chi connectivity index (χ2n) is 6.42. The fraction of sp³-hybridized carbons (Fsp3) is 0.300. The maximum absolute atomic E-state index is 12.5. The van der Waals surface area contributed by atoms with Crippen molar-refractivity contribution in [1.29, 1.82) is 0 Å². The van der Waals surface area contributed by atoms with Crippen molar-refractivity contribution >= 4 is 40.0 Å². The first-order chi connectivity index (χ1) is 14.9. The van der Waals surface area contributed by atoms with E-state index in [4.69, 9.17) is 15.3 Å². The summed E-state index contributed by atoms with van der Waals surface area (Å²) in [5, 5.41) is 11.9. The number of thioether (sulfide) groups is 1. The Kier molecular flexibility index (Phi) is 7.18. The van der Waals surface area contributed by atoms with Crippen LogP contribution in [-0.2, 0) is 9.53 Å². The monoisotopic (exact) mass is 461 g/mol. The number of nitrogens with one attached hydrogen (secondary N) is 1. The van der Waals surface area contributed by atoms with Crippen molar-refractivity contribution in [3.63, 3.8) is 0 Å². The zero-order chi connectivity index (χ0) is 22.5. The number of rotatable bonds is 8. The minimum Gasteiger partial charge on any atom is -0.496 e. The van der Waals surface area contributed by atoms with E-state index in [1.807, 2.05) is 32.0 Å². The third-order valence-corrected chi connectivity index (χ3v) is 6.53. The van der Waals surface area contributed by atoms with Crippen molar-refractivity contribution in [3.05, 3.63) is 40.3 Å². The highest BCUT2D eigenvalue weighted by Gasteiger charge is 2.23. The third kappa shape index (κ3) is 4.83. The molecule has 0 spiro atoms. The largest absolute Gasteiger partial charge is 0.496 e. The van der Waals surface area contributed by atoms with Crippen LogP contribution in [-0.4, -0.2) is 46.2 Å². The van der Waals surface area contributed by atoms with Gasteiger partial charge in [0.2, 0.25) is 11.1 Å². The Morgan fingerprint density at radius 1 is 1.26 bits per heavy atom. The number of hydrogen-bond donors (Lipinski definition) is 2. The average molecular weight is 462 g/mol. The number of amides is 1. The van der Waals surface area contributed by atoms with Gasteiger partial charge in [-0.1, -0.05) is 23.9 Å². The summed E-state index contributed by atoms with van der Waals surface area (Å²) in [4.78, 5) is 25.7. The summed E-state index contributed by atoms with van der Waals surface area (Å²) < 4.78 is 11.8. The van der Waals surface area contributed by atoms with Gasteiger partial charge in [0.1, 0.15) is 10.8 Å². The molecule has 2 heterocycles. The normalized spacial score (nSPS) is 10.7. The van der Waals surface area contributed by atoms with Gasteiger partial charge < -0.3 is 20.6 Å². The number of benzene rings is 1. The summed E-state index contributed by atoms with van der Waals surface area (Å²) >= 11 is 2.48. The molecule has 0 saturated heterocycles. The molecule has 1 aromatic carbocycles. The molecule has 2 aromatic heterocycles. The van der Waals surface area contributed by atoms with Crippen LogP contribution in [0.2, 0.25) is 0 Å². The van der Waals surface area contributed by atoms with Crippen molar-refractivity contribution in [2.24, 2.45) is 0 Å². The van der Waals surface area contributed by atoms with Gasteiger partial charge in [0.05, 0.1) is 30.6 Å². The van der Waals surface area contributed by atoms with Crippen LogP contribution >= 0.6 is 23.1 Å². The number of methoxy groups -OCH3 is 1. The minimum absolute atomic E-state index is 0.0412. The van der Waals surface area contributed by atoms with Crippen LogP contribution in [0.5, 0.6) is 5.75 Å². The Bertz CT molecular complexity index is 1110. The SMILES string of the molecule is CCOC(=O)c1c(NC(=O)CSc2nnc(-c3ccccc3OC)n2N)sc(C)c1C. The third-order valence-electron chi connectivity index (χ3n) is 4.46. The van der Waals surface area contributed by atoms with Crippen LogP contribution < -0.4 is 15.9 Å². The number of ether oxygens (including phenoxy) is 2. The van der Waals surface area contributed by atoms with Gasteiger partial charge in [-0.25, -0.2) is 9.47 Å². The lowest BCUT2D eigenvalue weighted by atomic mass is 10.1. The van der Waals surface area contributed by atoms with Crippen LogP contribution in [0.1, 0.15) is 27.7 Å². The maximum atomic E-state index is 12.5. The van der Waals surface area contributed by atoms with Crippen LogP contribution in [0.3, 0.4) is 0 Å². The molecule has 3 N–H and O–H groups in total. The van der Waals surface area contributed by atoms with E-state index in [2.05, 4.69) is 15.5 Å². The molecule has 9 nitrogen and oxygen atoms in total. The number of aryl methyl sites for hydroxylation is 1. The summed E-state index contributed by atoms with van der Waals surface area (Å²) in [7, 11) is 1.56. The fourth-order valence-electron chi connectivity index (χ4n) is 2.85. The summed E-state index contributed by atoms with van der Waals surface area (Å²) in [5.41, 5.74) is 1.89. The first kappa shape index (κ1) is 22.6. The number of carbonyl (C=O) groups excluding carboxylic acids is 2. The summed E-state index contributed by atoms with van der Waals surface area (Å²) in [5.74, 6) is 6.48. The standard InChI is InChI=1S/C20H23N5O4S2/c1-5-29-19(27)16-11(2)12(3)31-18(16)22-15(26)10-30-20-24-23-17(25(20)21)13-8-6-7-9-14(13)28-4/h6-9H,5,10,21H2,1-4H3,(H,22,26). The van der Waals surface area contributed by atoms with Gasteiger partial charge in [0.25, 0.3) is 0 Å². The van der Waals surface area contributed by atoms with Crippen LogP contribution in [0.25, 0.3) is 11.4 Å². The molecule has 0 atom stereocenters. The second kappa shape index (κ2) is 9.84. The molecular formula is C20H23N5O4S2. The van der Waals surface area contributed by atoms with Crippen molar-refractivity contribution in [1.82, 2.24) is 14.9 Å². The topological polar surface area (TPSA) is 121 Å². The molecule has 0 saturated carbocycles. The molecule has 3 aromatic rings. The van der Waals surface area contributed by atoms with E-state index >= 15 is 0 Å². The highest BCUT2D eigenvalue weighted by Crippen LogP contribution is 2.33. The van der Waals surface area contributed by atoms with E-state index in [1.54, 1.807) is 20.1 Å². The molecule has 0 fully saturated rings. The van der Waals surface area contributed by atoms with Gasteiger partial charge >= 0.3 is 5.97 Å². The molecule has 0 radical (unpaired) electrons. The molecule has 11 heteroatoms. The number of para-hydroxylation sites is 1. The maximum Gasteiger partial charge on any atom is 0.341 e. The van der Waals surface area contributed by atoms with Gasteiger partial charge in [-0.2, -0.15) is 0 Å². The number of thiophene rings is 1. The molecule has 0 aliphatic rings. The molecule has 164 valence electrons. The summed E-state index contributed by atoms with van der Waals surface area (Å²) in [6, 6.07) is 7.32. The first-order valence-corrected chi connectivity index (χ1v) is 11.2. The quantitative estimate of drug-likeness (QED) is 0.298. The number of nitrogen functional groups attached to an aromatic ring is 1. The predicted molar refractivity (Wildman–Crippen MR) is 121 cm³/mol. The Balaban J connectivity index is 1.71. The van der Waals surface area contributed by atoms with E-state index in [1.165, 1.54) is 16.0 Å². The number of anilines is 1. The molecule has 31 heavy (non-hydrogen) atoms. The fourth-order valence-corrected chi connectivity index (χ4v) is 4.57. The Morgan fingerprint density at radius 3 is 2.71 bits per heavy atom. The molecule has 0 bridgehead atoms. The van der Waals surface area contributed by atoms with Gasteiger partial charge in [-0.05, 0) is 38.5 Å². The highest BCUT2D eigenvalue weighted by molar-refractivity contribution is 7.99. The van der Waals surface area contributed by atoms with Crippen LogP contribution in [0.15, 0.2) is 29.4 Å². The van der Waals surface area contributed by atoms with Crippen molar-refractivity contribution in [2.75, 3.05) is 30.6 Å². The predicted octanol–water partition coefficient (Wildman–Crippen LogP) is 3.25. The molecule has 1 amide bonds. The smallest absolute Gasteiger partial charge is 0.341 e. The molecule has 3 rings (SSSR count). The lowest BCUT2D eigenvalue weighted by Crippen LogP contribution is -2.18. The van der Waals surface area contributed by atoms with Gasteiger partial charge in [-0.15, -0.1) is 21.5 Å². The van der Waals surface area contributed by atoms with Crippen LogP contribution in [0, 0.1) is 13.8 Å². The lowest BCUT2D eigenvalue weighted by molar-refractivity contribution is -0.113.